The quantitative estimate of drug-likeness (QED) is 0.389. The van der Waals surface area contributed by atoms with Crippen molar-refractivity contribution in [2.75, 3.05) is 0 Å². The van der Waals surface area contributed by atoms with Crippen molar-refractivity contribution in [2.45, 2.75) is 85.2 Å². The standard InChI is InChI=1S/C23H32O4/c1-14(24)27-22(4)13-9-16-15-6-7-18(25)23(5)19(26)10-12-21(23,3)17(15)8-11-20(16,22)2/h8,15-16H,6-7,9-13H2,1-5H3/t15-,16+,20+,21-,22+,23+/m1/s1. The summed E-state index contributed by atoms with van der Waals surface area (Å²) in [6.45, 7) is 9.89. The Labute approximate surface area is 162 Å². The number of ether oxygens (including phenoxy) is 1. The summed E-state index contributed by atoms with van der Waals surface area (Å²) in [5.41, 5.74) is -0.452. The number of carbonyl (C=O) groups excluding carboxylic acids is 3. The number of rotatable bonds is 1. The Morgan fingerprint density at radius 1 is 1.04 bits per heavy atom. The van der Waals surface area contributed by atoms with E-state index in [4.69, 9.17) is 4.74 Å². The summed E-state index contributed by atoms with van der Waals surface area (Å²) in [6, 6.07) is 0. The molecule has 6 atom stereocenters. The Balaban J connectivity index is 1.80. The van der Waals surface area contributed by atoms with Crippen molar-refractivity contribution in [1.82, 2.24) is 0 Å². The van der Waals surface area contributed by atoms with Gasteiger partial charge in [0.15, 0.2) is 0 Å². The molecule has 148 valence electrons. The van der Waals surface area contributed by atoms with Crippen LogP contribution in [-0.4, -0.2) is 23.1 Å². The van der Waals surface area contributed by atoms with Crippen LogP contribution in [0.5, 0.6) is 0 Å². The minimum Gasteiger partial charge on any atom is -0.459 e. The molecule has 0 spiro atoms. The van der Waals surface area contributed by atoms with E-state index in [1.807, 2.05) is 6.92 Å². The Morgan fingerprint density at radius 3 is 2.37 bits per heavy atom. The molecule has 4 aliphatic rings. The lowest BCUT2D eigenvalue weighted by Gasteiger charge is -2.51. The van der Waals surface area contributed by atoms with Crippen molar-refractivity contribution in [3.8, 4) is 0 Å². The SMILES string of the molecule is CC(=O)O[C@@]1(C)CC[C@H]2[C@H]3CCC(=O)[C@@]4(C)C(=O)CC[C@]4(C)C3=CC[C@@]21C. The van der Waals surface area contributed by atoms with Crippen molar-refractivity contribution in [2.24, 2.45) is 28.1 Å². The molecule has 0 amide bonds. The fourth-order valence-electron chi connectivity index (χ4n) is 7.21. The second-order valence-electron chi connectivity index (χ2n) is 10.2. The average Bonchev–Trinajstić information content (AvgIpc) is 2.95. The molecule has 4 rings (SSSR count). The second kappa shape index (κ2) is 5.55. The largest absolute Gasteiger partial charge is 0.459 e. The van der Waals surface area contributed by atoms with Gasteiger partial charge in [-0.05, 0) is 57.8 Å². The van der Waals surface area contributed by atoms with Crippen LogP contribution in [0.15, 0.2) is 11.6 Å². The van der Waals surface area contributed by atoms with Crippen LogP contribution in [0.2, 0.25) is 0 Å². The van der Waals surface area contributed by atoms with Crippen molar-refractivity contribution in [3.63, 3.8) is 0 Å². The maximum Gasteiger partial charge on any atom is 0.303 e. The predicted octanol–water partition coefficient (Wildman–Crippen LogP) is 4.41. The van der Waals surface area contributed by atoms with Crippen LogP contribution in [-0.2, 0) is 19.1 Å². The summed E-state index contributed by atoms with van der Waals surface area (Å²) in [4.78, 5) is 37.6. The molecule has 0 heterocycles. The van der Waals surface area contributed by atoms with Gasteiger partial charge in [0, 0.05) is 30.6 Å². The fraction of sp³-hybridized carbons (Fsp3) is 0.783. The van der Waals surface area contributed by atoms with E-state index in [2.05, 4.69) is 26.8 Å². The lowest BCUT2D eigenvalue weighted by atomic mass is 9.53. The van der Waals surface area contributed by atoms with E-state index >= 15 is 0 Å². The molecule has 0 bridgehead atoms. The van der Waals surface area contributed by atoms with E-state index in [0.717, 1.165) is 32.1 Å². The van der Waals surface area contributed by atoms with Crippen LogP contribution in [0, 0.1) is 28.1 Å². The van der Waals surface area contributed by atoms with Crippen LogP contribution in [0.3, 0.4) is 0 Å². The highest BCUT2D eigenvalue weighted by atomic mass is 16.6. The highest BCUT2D eigenvalue weighted by Crippen LogP contribution is 2.68. The first kappa shape index (κ1) is 18.9. The number of allylic oxidation sites excluding steroid dienone is 2. The van der Waals surface area contributed by atoms with Gasteiger partial charge in [0.05, 0.1) is 5.41 Å². The van der Waals surface area contributed by atoms with Crippen molar-refractivity contribution in [1.29, 1.82) is 0 Å². The van der Waals surface area contributed by atoms with Gasteiger partial charge in [0.2, 0.25) is 0 Å². The first-order chi connectivity index (χ1) is 12.5. The third-order valence-corrected chi connectivity index (χ3v) is 9.35. The lowest BCUT2D eigenvalue weighted by molar-refractivity contribution is -0.170. The number of hydrogen-bond acceptors (Lipinski definition) is 4. The zero-order chi connectivity index (χ0) is 19.8. The Bertz CT molecular complexity index is 766. The minimum atomic E-state index is -0.862. The Hall–Kier alpha value is -1.45. The minimum absolute atomic E-state index is 0.115. The van der Waals surface area contributed by atoms with Gasteiger partial charge in [0.25, 0.3) is 0 Å². The smallest absolute Gasteiger partial charge is 0.303 e. The molecule has 0 aromatic rings. The molecule has 27 heavy (non-hydrogen) atoms. The first-order valence-electron chi connectivity index (χ1n) is 10.5. The summed E-state index contributed by atoms with van der Waals surface area (Å²) in [5, 5.41) is 0. The summed E-state index contributed by atoms with van der Waals surface area (Å²) in [5.74, 6) is 0.741. The zero-order valence-electron chi connectivity index (χ0n) is 17.3. The van der Waals surface area contributed by atoms with E-state index in [1.54, 1.807) is 0 Å². The highest BCUT2D eigenvalue weighted by molar-refractivity contribution is 6.09. The molecule has 4 nitrogen and oxygen atoms in total. The van der Waals surface area contributed by atoms with Gasteiger partial charge in [0.1, 0.15) is 17.2 Å². The summed E-state index contributed by atoms with van der Waals surface area (Å²) in [6.07, 6.45) is 7.64. The van der Waals surface area contributed by atoms with Crippen molar-refractivity contribution < 1.29 is 19.1 Å². The molecular formula is C23H32O4. The summed E-state index contributed by atoms with van der Waals surface area (Å²) >= 11 is 0. The van der Waals surface area contributed by atoms with Crippen LogP contribution in [0.25, 0.3) is 0 Å². The van der Waals surface area contributed by atoms with Crippen LogP contribution in [0.4, 0.5) is 0 Å². The molecule has 0 N–H and O–H groups in total. The van der Waals surface area contributed by atoms with Crippen LogP contribution in [0.1, 0.15) is 79.6 Å². The Kier molecular flexibility index (Phi) is 3.88. The first-order valence-corrected chi connectivity index (χ1v) is 10.5. The molecule has 0 aromatic heterocycles. The van der Waals surface area contributed by atoms with E-state index in [0.29, 0.717) is 24.7 Å². The van der Waals surface area contributed by atoms with Crippen molar-refractivity contribution >= 4 is 17.5 Å². The fourth-order valence-corrected chi connectivity index (χ4v) is 7.21. The van der Waals surface area contributed by atoms with Crippen molar-refractivity contribution in [3.05, 3.63) is 11.6 Å². The molecule has 3 saturated carbocycles. The third-order valence-electron chi connectivity index (χ3n) is 9.35. The number of Topliss-reactive ketones (excluding diaryl/α,β-unsaturated/α-hetero) is 2. The molecule has 4 aliphatic carbocycles. The molecule has 0 aromatic carbocycles. The van der Waals surface area contributed by atoms with Crippen LogP contribution >= 0.6 is 0 Å². The lowest BCUT2D eigenvalue weighted by Crippen LogP contribution is -2.51. The highest BCUT2D eigenvalue weighted by Gasteiger charge is 2.67. The molecular weight excluding hydrogens is 340 g/mol. The van der Waals surface area contributed by atoms with E-state index in [-0.39, 0.29) is 28.4 Å². The zero-order valence-corrected chi connectivity index (χ0v) is 17.3. The van der Waals surface area contributed by atoms with Gasteiger partial charge in [-0.2, -0.15) is 0 Å². The number of fused-ring (bicyclic) bond motifs is 5. The Morgan fingerprint density at radius 2 is 1.70 bits per heavy atom. The van der Waals surface area contributed by atoms with E-state index < -0.39 is 11.0 Å². The molecule has 0 aliphatic heterocycles. The molecule has 4 heteroatoms. The number of carbonyl (C=O) groups is 3. The van der Waals surface area contributed by atoms with Gasteiger partial charge in [-0.25, -0.2) is 0 Å². The topological polar surface area (TPSA) is 60.4 Å². The van der Waals surface area contributed by atoms with Gasteiger partial charge >= 0.3 is 5.97 Å². The normalized spacial score (nSPS) is 49.0. The third kappa shape index (κ3) is 2.13. The van der Waals surface area contributed by atoms with Crippen LogP contribution < -0.4 is 0 Å². The average molecular weight is 373 g/mol. The van der Waals surface area contributed by atoms with Gasteiger partial charge in [-0.15, -0.1) is 0 Å². The van der Waals surface area contributed by atoms with E-state index in [9.17, 15) is 14.4 Å². The maximum atomic E-state index is 13.1. The van der Waals surface area contributed by atoms with Gasteiger partial charge in [-0.1, -0.05) is 25.5 Å². The second-order valence-corrected chi connectivity index (χ2v) is 10.2. The number of hydrogen-bond donors (Lipinski definition) is 0. The summed E-state index contributed by atoms with van der Waals surface area (Å²) in [7, 11) is 0. The monoisotopic (exact) mass is 372 g/mol. The van der Waals surface area contributed by atoms with E-state index in [1.165, 1.54) is 12.5 Å². The number of esters is 1. The number of ketones is 2. The predicted molar refractivity (Wildman–Crippen MR) is 102 cm³/mol. The van der Waals surface area contributed by atoms with Gasteiger partial charge in [-0.3, -0.25) is 14.4 Å². The van der Waals surface area contributed by atoms with Gasteiger partial charge < -0.3 is 4.74 Å². The maximum absolute atomic E-state index is 13.1. The molecule has 3 fully saturated rings. The molecule has 0 radical (unpaired) electrons. The summed E-state index contributed by atoms with van der Waals surface area (Å²) < 4.78 is 5.86. The molecule has 0 unspecified atom stereocenters. The molecule has 0 saturated heterocycles.